The van der Waals surface area contributed by atoms with E-state index in [4.69, 9.17) is 10.2 Å². The lowest BCUT2D eigenvalue weighted by Gasteiger charge is -2.15. The summed E-state index contributed by atoms with van der Waals surface area (Å²) in [5, 5.41) is 17.4. The largest absolute Gasteiger partial charge is 0.481 e. The van der Waals surface area contributed by atoms with Gasteiger partial charge in [0.15, 0.2) is 0 Å². The van der Waals surface area contributed by atoms with Crippen molar-refractivity contribution in [1.82, 2.24) is 0 Å². The topological polar surface area (TPSA) is 74.6 Å². The summed E-state index contributed by atoms with van der Waals surface area (Å²) in [5.41, 5.74) is -1.81. The molecule has 0 amide bonds. The summed E-state index contributed by atoms with van der Waals surface area (Å²) in [6, 6.07) is 1.45. The van der Waals surface area contributed by atoms with Crippen LogP contribution in [-0.4, -0.2) is 22.2 Å². The van der Waals surface area contributed by atoms with Crippen LogP contribution in [0.4, 0.5) is 8.78 Å². The van der Waals surface area contributed by atoms with Crippen molar-refractivity contribution in [3.8, 4) is 0 Å². The summed E-state index contributed by atoms with van der Waals surface area (Å²) in [6.07, 6.45) is 0.423. The Morgan fingerprint density at radius 1 is 1.17 bits per heavy atom. The van der Waals surface area contributed by atoms with Gasteiger partial charge in [0.2, 0.25) is 0 Å². The van der Waals surface area contributed by atoms with Crippen molar-refractivity contribution in [2.24, 2.45) is 0 Å². The molecule has 1 aliphatic rings. The minimum Gasteiger partial charge on any atom is -0.481 e. The Morgan fingerprint density at radius 2 is 1.67 bits per heavy atom. The molecule has 0 saturated heterocycles. The van der Waals surface area contributed by atoms with Gasteiger partial charge < -0.3 is 10.2 Å². The molecule has 0 spiro atoms. The van der Waals surface area contributed by atoms with Gasteiger partial charge in [-0.2, -0.15) is 0 Å². The number of hydrogen-bond acceptors (Lipinski definition) is 2. The van der Waals surface area contributed by atoms with Gasteiger partial charge in [-0.25, -0.2) is 13.6 Å². The Bertz CT molecular complexity index is 512. The molecule has 1 aromatic rings. The molecule has 0 unspecified atom stereocenters. The number of aliphatic carboxylic acids is 1. The van der Waals surface area contributed by atoms with E-state index in [1.807, 2.05) is 0 Å². The molecule has 0 bridgehead atoms. The van der Waals surface area contributed by atoms with Crippen molar-refractivity contribution < 1.29 is 28.6 Å². The van der Waals surface area contributed by atoms with Crippen LogP contribution in [0.15, 0.2) is 12.1 Å². The molecule has 1 saturated carbocycles. The SMILES string of the molecule is O=C(O)CC1(c2c(F)cc(C(=O)O)cc2F)CC1. The number of rotatable bonds is 4. The van der Waals surface area contributed by atoms with Crippen LogP contribution in [0.5, 0.6) is 0 Å². The van der Waals surface area contributed by atoms with E-state index in [1.54, 1.807) is 0 Å². The van der Waals surface area contributed by atoms with Gasteiger partial charge in [-0.15, -0.1) is 0 Å². The van der Waals surface area contributed by atoms with Crippen LogP contribution in [0.3, 0.4) is 0 Å². The second kappa shape index (κ2) is 4.04. The third-order valence-corrected chi connectivity index (χ3v) is 3.16. The first-order valence-corrected chi connectivity index (χ1v) is 5.30. The van der Waals surface area contributed by atoms with E-state index < -0.39 is 34.6 Å². The van der Waals surface area contributed by atoms with Crippen molar-refractivity contribution in [1.29, 1.82) is 0 Å². The first kappa shape index (κ1) is 12.5. The van der Waals surface area contributed by atoms with E-state index in [9.17, 15) is 18.4 Å². The molecule has 6 heteroatoms. The van der Waals surface area contributed by atoms with Gasteiger partial charge >= 0.3 is 11.9 Å². The Labute approximate surface area is 101 Å². The Hall–Kier alpha value is -1.98. The normalized spacial score (nSPS) is 16.3. The van der Waals surface area contributed by atoms with Gasteiger partial charge in [-0.1, -0.05) is 0 Å². The van der Waals surface area contributed by atoms with E-state index in [0.717, 1.165) is 12.1 Å². The fourth-order valence-electron chi connectivity index (χ4n) is 2.16. The average Bonchev–Trinajstić information content (AvgIpc) is 2.95. The molecule has 0 aromatic heterocycles. The van der Waals surface area contributed by atoms with Crippen molar-refractivity contribution in [3.05, 3.63) is 34.9 Å². The molecule has 0 radical (unpaired) electrons. The molecule has 2 rings (SSSR count). The van der Waals surface area contributed by atoms with Crippen molar-refractivity contribution in [2.75, 3.05) is 0 Å². The van der Waals surface area contributed by atoms with Crippen LogP contribution in [0, 0.1) is 11.6 Å². The number of aromatic carboxylic acids is 1. The summed E-state index contributed by atoms with van der Waals surface area (Å²) >= 11 is 0. The maximum absolute atomic E-state index is 13.8. The first-order chi connectivity index (χ1) is 8.35. The number of carbonyl (C=O) groups is 2. The third kappa shape index (κ3) is 2.05. The monoisotopic (exact) mass is 256 g/mol. The Morgan fingerprint density at radius 3 is 2.00 bits per heavy atom. The molecule has 1 aromatic carbocycles. The first-order valence-electron chi connectivity index (χ1n) is 5.30. The zero-order valence-corrected chi connectivity index (χ0v) is 9.24. The maximum Gasteiger partial charge on any atom is 0.335 e. The third-order valence-electron chi connectivity index (χ3n) is 3.16. The van der Waals surface area contributed by atoms with E-state index in [2.05, 4.69) is 0 Å². The predicted molar refractivity (Wildman–Crippen MR) is 56.5 cm³/mol. The number of halogens is 2. The quantitative estimate of drug-likeness (QED) is 0.865. The Kier molecular flexibility index (Phi) is 2.80. The van der Waals surface area contributed by atoms with Crippen LogP contribution >= 0.6 is 0 Å². The summed E-state index contributed by atoms with van der Waals surface area (Å²) in [5.74, 6) is -4.55. The predicted octanol–water partition coefficient (Wildman–Crippen LogP) is 2.17. The summed E-state index contributed by atoms with van der Waals surface area (Å²) in [7, 11) is 0. The van der Waals surface area contributed by atoms with Crippen LogP contribution in [0.2, 0.25) is 0 Å². The molecule has 0 aliphatic heterocycles. The fraction of sp³-hybridized carbons (Fsp3) is 0.333. The highest BCUT2D eigenvalue weighted by molar-refractivity contribution is 5.87. The van der Waals surface area contributed by atoms with E-state index in [1.165, 1.54) is 0 Å². The van der Waals surface area contributed by atoms with E-state index >= 15 is 0 Å². The highest BCUT2D eigenvalue weighted by atomic mass is 19.1. The average molecular weight is 256 g/mol. The molecular formula is C12H10F2O4. The van der Waals surface area contributed by atoms with Crippen LogP contribution in [0.1, 0.15) is 35.2 Å². The summed E-state index contributed by atoms with van der Waals surface area (Å²) in [4.78, 5) is 21.3. The van der Waals surface area contributed by atoms with Crippen molar-refractivity contribution in [3.63, 3.8) is 0 Å². The number of carboxylic acids is 2. The molecule has 96 valence electrons. The lowest BCUT2D eigenvalue weighted by Crippen LogP contribution is -2.17. The van der Waals surface area contributed by atoms with Crippen molar-refractivity contribution >= 4 is 11.9 Å². The highest BCUT2D eigenvalue weighted by Gasteiger charge is 2.49. The molecule has 0 heterocycles. The standard InChI is InChI=1S/C12H10F2O4/c13-7-3-6(11(17)18)4-8(14)10(7)12(1-2-12)5-9(15)16/h3-4H,1-2,5H2,(H,15,16)(H,17,18). The molecule has 0 atom stereocenters. The molecule has 4 nitrogen and oxygen atoms in total. The van der Waals surface area contributed by atoms with Crippen LogP contribution in [0.25, 0.3) is 0 Å². The van der Waals surface area contributed by atoms with Gasteiger partial charge in [0.1, 0.15) is 11.6 Å². The maximum atomic E-state index is 13.8. The van der Waals surface area contributed by atoms with E-state index in [0.29, 0.717) is 12.8 Å². The molecule has 1 fully saturated rings. The number of benzene rings is 1. The second-order valence-corrected chi connectivity index (χ2v) is 4.47. The Balaban J connectivity index is 2.46. The molecule has 18 heavy (non-hydrogen) atoms. The zero-order valence-electron chi connectivity index (χ0n) is 9.24. The highest BCUT2D eigenvalue weighted by Crippen LogP contribution is 2.52. The fourth-order valence-corrected chi connectivity index (χ4v) is 2.16. The van der Waals surface area contributed by atoms with Gasteiger partial charge in [0, 0.05) is 11.0 Å². The second-order valence-electron chi connectivity index (χ2n) is 4.47. The number of hydrogen-bond donors (Lipinski definition) is 2. The lowest BCUT2D eigenvalue weighted by atomic mass is 9.90. The van der Waals surface area contributed by atoms with Crippen LogP contribution in [-0.2, 0) is 10.2 Å². The lowest BCUT2D eigenvalue weighted by molar-refractivity contribution is -0.137. The minimum atomic E-state index is -1.43. The molecule has 1 aliphatic carbocycles. The molecular weight excluding hydrogens is 246 g/mol. The molecule has 2 N–H and O–H groups in total. The van der Waals surface area contributed by atoms with Gasteiger partial charge in [0.05, 0.1) is 12.0 Å². The smallest absolute Gasteiger partial charge is 0.335 e. The van der Waals surface area contributed by atoms with Gasteiger partial charge in [-0.05, 0) is 25.0 Å². The summed E-state index contributed by atoms with van der Waals surface area (Å²) in [6.45, 7) is 0. The minimum absolute atomic E-state index is 0.310. The van der Waals surface area contributed by atoms with Crippen molar-refractivity contribution in [2.45, 2.75) is 24.7 Å². The summed E-state index contributed by atoms with van der Waals surface area (Å²) < 4.78 is 27.5. The number of carboxylic acid groups (broad SMARTS) is 2. The van der Waals surface area contributed by atoms with Crippen LogP contribution < -0.4 is 0 Å². The zero-order chi connectivity index (χ0) is 13.5. The van der Waals surface area contributed by atoms with Gasteiger partial charge in [0.25, 0.3) is 0 Å². The van der Waals surface area contributed by atoms with E-state index in [-0.39, 0.29) is 12.0 Å². The van der Waals surface area contributed by atoms with Gasteiger partial charge in [-0.3, -0.25) is 4.79 Å².